The number of para-hydroxylation sites is 1. The van der Waals surface area contributed by atoms with Crippen LogP contribution in [0, 0.1) is 23.7 Å². The van der Waals surface area contributed by atoms with E-state index in [4.69, 9.17) is 0 Å². The van der Waals surface area contributed by atoms with Crippen LogP contribution in [0.5, 0.6) is 17.2 Å². The zero-order valence-corrected chi connectivity index (χ0v) is 32.2. The van der Waals surface area contributed by atoms with E-state index < -0.39 is 101 Å². The number of Topliss-reactive ketones (excluding diaryl/α,β-unsaturated/α-hetero) is 3. The van der Waals surface area contributed by atoms with Gasteiger partial charge in [0.1, 0.15) is 0 Å². The Morgan fingerprint density at radius 2 is 1.27 bits per heavy atom. The van der Waals surface area contributed by atoms with Gasteiger partial charge >= 0.3 is 11.9 Å². The minimum absolute atomic E-state index is 0.0596. The number of hydrogen-bond donors (Lipinski definition) is 8. The summed E-state index contributed by atoms with van der Waals surface area (Å²) in [6.07, 6.45) is 2.57. The molecule has 2 amide bonds. The second-order valence-electron chi connectivity index (χ2n) is 14.9. The summed E-state index contributed by atoms with van der Waals surface area (Å²) in [5.74, 6) is -10.1. The lowest BCUT2D eigenvalue weighted by Crippen LogP contribution is -2.48. The lowest BCUT2D eigenvalue weighted by Gasteiger charge is -2.26. The number of aliphatic carboxylic acids is 2. The summed E-state index contributed by atoms with van der Waals surface area (Å²) in [7, 11) is 0. The molecule has 8 N–H and O–H groups in total. The van der Waals surface area contributed by atoms with Crippen LogP contribution in [0.3, 0.4) is 0 Å². The van der Waals surface area contributed by atoms with Gasteiger partial charge in [-0.1, -0.05) is 58.7 Å². The fourth-order valence-electron chi connectivity index (χ4n) is 6.52. The van der Waals surface area contributed by atoms with E-state index in [-0.39, 0.29) is 37.0 Å². The maximum absolute atomic E-state index is 14.0. The number of benzene rings is 2. The van der Waals surface area contributed by atoms with E-state index in [0.717, 1.165) is 28.6 Å². The number of carboxylic acid groups (broad SMARTS) is 2. The first kappa shape index (κ1) is 44.7. The normalized spacial score (nSPS) is 13.5. The van der Waals surface area contributed by atoms with Crippen LogP contribution >= 0.6 is 0 Å². The quantitative estimate of drug-likeness (QED) is 0.0338. The smallest absolute Gasteiger partial charge is 0.307 e. The minimum Gasteiger partial charge on any atom is -0.504 e. The van der Waals surface area contributed by atoms with Crippen molar-refractivity contribution >= 4 is 52.0 Å². The number of carbonyl (C=O) groups is 7. The molecule has 15 nitrogen and oxygen atoms in total. The van der Waals surface area contributed by atoms with Crippen LogP contribution in [-0.4, -0.2) is 83.7 Å². The lowest BCUT2D eigenvalue weighted by molar-refractivity contribution is -0.146. The second-order valence-corrected chi connectivity index (χ2v) is 14.9. The SMILES string of the molecule is CC(C)[C@@H](CC(=O)[C@H](CC(=O)O)NC(=O)[C@H](CC(=O)[C@H](Cc1c[nH]c2ccccc12)NC(=O)CCCCCCC(=O)c1cc(O)c(O)c(O)c1)C(C)C)C(=O)O. The molecule has 56 heavy (non-hydrogen) atoms. The summed E-state index contributed by atoms with van der Waals surface area (Å²) in [4.78, 5) is 93.0. The van der Waals surface area contributed by atoms with E-state index in [2.05, 4.69) is 15.6 Å². The highest BCUT2D eigenvalue weighted by atomic mass is 16.4. The Kier molecular flexibility index (Phi) is 16.6. The fourth-order valence-corrected chi connectivity index (χ4v) is 6.52. The average Bonchev–Trinajstić information content (AvgIpc) is 3.53. The van der Waals surface area contributed by atoms with E-state index in [1.165, 1.54) is 0 Å². The number of ketones is 3. The molecule has 0 aliphatic carbocycles. The summed E-state index contributed by atoms with van der Waals surface area (Å²) in [6.45, 7) is 6.64. The Bertz CT molecular complexity index is 1880. The zero-order valence-electron chi connectivity index (χ0n) is 32.2. The van der Waals surface area contributed by atoms with Crippen LogP contribution in [0.15, 0.2) is 42.6 Å². The number of nitrogens with one attached hydrogen (secondary N) is 3. The van der Waals surface area contributed by atoms with Gasteiger partial charge in [-0.3, -0.25) is 33.6 Å². The molecule has 0 saturated carbocycles. The molecule has 0 aliphatic rings. The number of aromatic nitrogens is 1. The number of aromatic amines is 1. The number of aromatic hydroxyl groups is 3. The summed E-state index contributed by atoms with van der Waals surface area (Å²) in [6, 6.07) is 7.05. The number of H-pyrrole nitrogens is 1. The molecule has 15 heteroatoms. The number of phenols is 3. The molecule has 0 unspecified atom stereocenters. The molecule has 1 heterocycles. The summed E-state index contributed by atoms with van der Waals surface area (Å²) in [5, 5.41) is 54.1. The van der Waals surface area contributed by atoms with Crippen molar-refractivity contribution in [2.45, 2.75) is 104 Å². The van der Waals surface area contributed by atoms with Crippen molar-refractivity contribution in [2.24, 2.45) is 23.7 Å². The van der Waals surface area contributed by atoms with Crippen molar-refractivity contribution in [1.29, 1.82) is 0 Å². The number of hydrogen-bond acceptors (Lipinski definition) is 10. The van der Waals surface area contributed by atoms with E-state index in [1.807, 2.05) is 24.3 Å². The standard InChI is InChI=1S/C41H53N3O12/c1-22(2)27(40(54)44-31(20-38(51)52)34(47)19-28(23(3)4)41(55)56)18-33(46)30(15-25-21-42-29-12-10-9-11-26(25)29)43-37(50)14-8-6-5-7-13-32(45)24-16-35(48)39(53)36(49)17-24/h9-12,16-17,21-23,27-28,30-31,42,48-49,53H,5-8,13-15,18-20H2,1-4H3,(H,43,50)(H,44,54)(H,51,52)(H,55,56)/t27-,28-,30+,31+/m1/s1. The first-order valence-electron chi connectivity index (χ1n) is 18.8. The first-order valence-corrected chi connectivity index (χ1v) is 18.8. The van der Waals surface area contributed by atoms with Gasteiger partial charge in [-0.05, 0) is 48.4 Å². The van der Waals surface area contributed by atoms with Gasteiger partial charge in [-0.2, -0.15) is 0 Å². The van der Waals surface area contributed by atoms with E-state index in [1.54, 1.807) is 33.9 Å². The van der Waals surface area contributed by atoms with Gasteiger partial charge in [0.05, 0.1) is 24.4 Å². The molecule has 0 bridgehead atoms. The summed E-state index contributed by atoms with van der Waals surface area (Å²) < 4.78 is 0. The van der Waals surface area contributed by atoms with Crippen molar-refractivity contribution in [1.82, 2.24) is 15.6 Å². The van der Waals surface area contributed by atoms with Gasteiger partial charge in [0.2, 0.25) is 11.8 Å². The third-order valence-electron chi connectivity index (χ3n) is 9.96. The van der Waals surface area contributed by atoms with Crippen LogP contribution in [0.2, 0.25) is 0 Å². The first-order chi connectivity index (χ1) is 26.4. The topological polar surface area (TPSA) is 260 Å². The number of carboxylic acids is 2. The van der Waals surface area contributed by atoms with Gasteiger partial charge in [-0.15, -0.1) is 0 Å². The lowest BCUT2D eigenvalue weighted by atomic mass is 9.85. The molecule has 0 saturated heterocycles. The molecule has 3 rings (SSSR count). The maximum atomic E-state index is 14.0. The molecule has 4 atom stereocenters. The predicted molar refractivity (Wildman–Crippen MR) is 205 cm³/mol. The van der Waals surface area contributed by atoms with Crippen LogP contribution < -0.4 is 10.6 Å². The van der Waals surface area contributed by atoms with Crippen molar-refractivity contribution in [3.05, 3.63) is 53.7 Å². The maximum Gasteiger partial charge on any atom is 0.307 e. The van der Waals surface area contributed by atoms with E-state index in [0.29, 0.717) is 25.7 Å². The van der Waals surface area contributed by atoms with Crippen molar-refractivity contribution in [2.75, 3.05) is 0 Å². The molecular formula is C41H53N3O12. The number of phenolic OH excluding ortho intramolecular Hbond substituents is 3. The number of carbonyl (C=O) groups excluding carboxylic acids is 5. The number of amides is 2. The Morgan fingerprint density at radius 3 is 1.86 bits per heavy atom. The van der Waals surface area contributed by atoms with Crippen LogP contribution in [0.25, 0.3) is 10.9 Å². The zero-order chi connectivity index (χ0) is 41.7. The number of unbranched alkanes of at least 4 members (excludes halogenated alkanes) is 3. The van der Waals surface area contributed by atoms with Crippen LogP contribution in [-0.2, 0) is 35.2 Å². The van der Waals surface area contributed by atoms with Crippen molar-refractivity contribution in [3.63, 3.8) is 0 Å². The fraction of sp³-hybridized carbons (Fsp3) is 0.488. The van der Waals surface area contributed by atoms with Gasteiger partial charge in [0.25, 0.3) is 0 Å². The Balaban J connectivity index is 1.68. The van der Waals surface area contributed by atoms with E-state index >= 15 is 0 Å². The van der Waals surface area contributed by atoms with Crippen LogP contribution in [0.1, 0.15) is 101 Å². The molecule has 1 aromatic heterocycles. The largest absolute Gasteiger partial charge is 0.504 e. The minimum atomic E-state index is -1.51. The Labute approximate surface area is 324 Å². The molecule has 2 aromatic carbocycles. The van der Waals surface area contributed by atoms with Crippen molar-refractivity contribution in [3.8, 4) is 17.2 Å². The predicted octanol–water partition coefficient (Wildman–Crippen LogP) is 5.04. The number of rotatable bonds is 24. The van der Waals surface area contributed by atoms with Gasteiger partial charge in [0.15, 0.2) is 34.6 Å². The molecule has 304 valence electrons. The van der Waals surface area contributed by atoms with Gasteiger partial charge in [0, 0.05) is 60.7 Å². The third-order valence-corrected chi connectivity index (χ3v) is 9.96. The second kappa shape index (κ2) is 20.8. The summed E-state index contributed by atoms with van der Waals surface area (Å²) >= 11 is 0. The highest BCUT2D eigenvalue weighted by Gasteiger charge is 2.35. The van der Waals surface area contributed by atoms with Gasteiger partial charge < -0.3 is 41.2 Å². The molecule has 0 spiro atoms. The van der Waals surface area contributed by atoms with E-state index in [9.17, 15) is 59.1 Å². The Hall–Kier alpha value is -5.73. The molecule has 3 aromatic rings. The van der Waals surface area contributed by atoms with Crippen molar-refractivity contribution < 1.29 is 59.1 Å². The Morgan fingerprint density at radius 1 is 0.696 bits per heavy atom. The summed E-state index contributed by atoms with van der Waals surface area (Å²) in [5.41, 5.74) is 1.65. The molecule has 0 fully saturated rings. The van der Waals surface area contributed by atoms with Crippen LogP contribution in [0.4, 0.5) is 0 Å². The highest BCUT2D eigenvalue weighted by molar-refractivity contribution is 5.98. The van der Waals surface area contributed by atoms with Gasteiger partial charge in [-0.25, -0.2) is 0 Å². The molecule has 0 radical (unpaired) electrons. The number of fused-ring (bicyclic) bond motifs is 1. The molecule has 0 aliphatic heterocycles. The average molecular weight is 780 g/mol. The third kappa shape index (κ3) is 12.9. The monoisotopic (exact) mass is 779 g/mol. The molecular weight excluding hydrogens is 726 g/mol. The highest BCUT2D eigenvalue weighted by Crippen LogP contribution is 2.36.